The Bertz CT molecular complexity index is 792. The molecule has 0 radical (unpaired) electrons. The van der Waals surface area contributed by atoms with Gasteiger partial charge >= 0.3 is 5.97 Å². The van der Waals surface area contributed by atoms with Crippen LogP contribution in [0.2, 0.25) is 10.0 Å². The van der Waals surface area contributed by atoms with Crippen molar-refractivity contribution < 1.29 is 14.7 Å². The summed E-state index contributed by atoms with van der Waals surface area (Å²) in [6, 6.07) is 11.7. The fraction of sp³-hybridized carbons (Fsp3) is 0.263. The molecule has 1 unspecified atom stereocenters. The number of carbonyl (C=O) groups is 2. The Labute approximate surface area is 157 Å². The monoisotopic (exact) mass is 379 g/mol. The molecule has 132 valence electrons. The average molecular weight is 380 g/mol. The number of aromatic carboxylic acids is 1. The molecule has 1 amide bonds. The van der Waals surface area contributed by atoms with Gasteiger partial charge in [0.05, 0.1) is 11.6 Å². The number of benzene rings is 2. The van der Waals surface area contributed by atoms with Gasteiger partial charge in [0.25, 0.3) is 0 Å². The van der Waals surface area contributed by atoms with E-state index in [1.165, 1.54) is 0 Å². The van der Waals surface area contributed by atoms with E-state index < -0.39 is 5.97 Å². The molecule has 4 nitrogen and oxygen atoms in total. The number of carbonyl (C=O) groups excluding carboxylic acids is 1. The van der Waals surface area contributed by atoms with Crippen molar-refractivity contribution in [3.63, 3.8) is 0 Å². The highest BCUT2D eigenvalue weighted by atomic mass is 35.5. The molecule has 1 atom stereocenters. The number of hydrogen-bond acceptors (Lipinski definition) is 2. The predicted molar refractivity (Wildman–Crippen MR) is 99.4 cm³/mol. The van der Waals surface area contributed by atoms with Crippen LogP contribution >= 0.6 is 23.2 Å². The molecule has 25 heavy (non-hydrogen) atoms. The maximum absolute atomic E-state index is 12.5. The van der Waals surface area contributed by atoms with E-state index in [2.05, 4.69) is 0 Å². The van der Waals surface area contributed by atoms with Crippen molar-refractivity contribution in [3.8, 4) is 0 Å². The molecule has 0 aromatic heterocycles. The van der Waals surface area contributed by atoms with Crippen LogP contribution < -0.4 is 0 Å². The second-order valence-corrected chi connectivity index (χ2v) is 6.65. The smallest absolute Gasteiger partial charge is 0.335 e. The van der Waals surface area contributed by atoms with Gasteiger partial charge < -0.3 is 10.0 Å². The van der Waals surface area contributed by atoms with Gasteiger partial charge in [-0.05, 0) is 42.7 Å². The number of nitrogens with zero attached hydrogens (tertiary/aromatic N) is 1. The van der Waals surface area contributed by atoms with Crippen molar-refractivity contribution >= 4 is 35.1 Å². The largest absolute Gasteiger partial charge is 0.478 e. The van der Waals surface area contributed by atoms with E-state index in [-0.39, 0.29) is 23.9 Å². The van der Waals surface area contributed by atoms with Crippen molar-refractivity contribution in [2.24, 2.45) is 0 Å². The lowest BCUT2D eigenvalue weighted by Crippen LogP contribution is -2.30. The zero-order chi connectivity index (χ0) is 18.6. The van der Waals surface area contributed by atoms with Crippen LogP contribution in [-0.4, -0.2) is 28.9 Å². The molecule has 1 N–H and O–H groups in total. The van der Waals surface area contributed by atoms with Gasteiger partial charge in [-0.15, -0.1) is 0 Å². The minimum Gasteiger partial charge on any atom is -0.478 e. The third-order valence-corrected chi connectivity index (χ3v) is 4.81. The lowest BCUT2D eigenvalue weighted by molar-refractivity contribution is -0.131. The molecule has 0 aliphatic carbocycles. The Morgan fingerprint density at radius 2 is 1.84 bits per heavy atom. The van der Waals surface area contributed by atoms with Gasteiger partial charge in [0.15, 0.2) is 0 Å². The Balaban J connectivity index is 2.06. The van der Waals surface area contributed by atoms with Crippen LogP contribution in [0.15, 0.2) is 42.5 Å². The first-order valence-corrected chi connectivity index (χ1v) is 8.58. The molecule has 2 aromatic carbocycles. The van der Waals surface area contributed by atoms with E-state index in [0.29, 0.717) is 22.0 Å². The van der Waals surface area contributed by atoms with Crippen molar-refractivity contribution in [1.29, 1.82) is 0 Å². The van der Waals surface area contributed by atoms with Crippen molar-refractivity contribution in [2.45, 2.75) is 25.8 Å². The highest BCUT2D eigenvalue weighted by Gasteiger charge is 2.20. The molecule has 2 rings (SSSR count). The summed E-state index contributed by atoms with van der Waals surface area (Å²) in [6.45, 7) is 1.89. The van der Waals surface area contributed by atoms with E-state index >= 15 is 0 Å². The van der Waals surface area contributed by atoms with Crippen LogP contribution in [0.1, 0.15) is 40.9 Å². The topological polar surface area (TPSA) is 57.6 Å². The van der Waals surface area contributed by atoms with Gasteiger partial charge in [-0.2, -0.15) is 0 Å². The molecule has 0 aliphatic rings. The fourth-order valence-corrected chi connectivity index (χ4v) is 3.20. The molecule has 0 fully saturated rings. The van der Waals surface area contributed by atoms with Gasteiger partial charge in [-0.3, -0.25) is 4.79 Å². The number of carboxylic acid groups (broad SMARTS) is 1. The summed E-state index contributed by atoms with van der Waals surface area (Å²) in [5.41, 5.74) is 1.69. The third-order valence-electron chi connectivity index (χ3n) is 4.24. The highest BCUT2D eigenvalue weighted by molar-refractivity contribution is 6.35. The molecule has 2 aromatic rings. The normalized spacial score (nSPS) is 11.8. The summed E-state index contributed by atoms with van der Waals surface area (Å²) < 4.78 is 0. The third kappa shape index (κ3) is 4.74. The number of aryl methyl sites for hydroxylation is 1. The first kappa shape index (κ1) is 19.3. The van der Waals surface area contributed by atoms with Gasteiger partial charge in [0.2, 0.25) is 5.91 Å². The maximum atomic E-state index is 12.5. The number of carboxylic acids is 1. The zero-order valence-electron chi connectivity index (χ0n) is 14.0. The Morgan fingerprint density at radius 1 is 1.16 bits per heavy atom. The number of rotatable bonds is 6. The van der Waals surface area contributed by atoms with Gasteiger partial charge in [-0.25, -0.2) is 4.79 Å². The first-order chi connectivity index (χ1) is 11.8. The summed E-state index contributed by atoms with van der Waals surface area (Å²) in [5.74, 6) is -1.07. The molecular weight excluding hydrogens is 361 g/mol. The number of halogens is 2. The number of hydrogen-bond donors (Lipinski definition) is 1. The van der Waals surface area contributed by atoms with Crippen molar-refractivity contribution in [3.05, 3.63) is 69.2 Å². The van der Waals surface area contributed by atoms with Crippen LogP contribution in [0.5, 0.6) is 0 Å². The van der Waals surface area contributed by atoms with Gasteiger partial charge in [0.1, 0.15) is 0 Å². The average Bonchev–Trinajstić information content (AvgIpc) is 2.58. The fourth-order valence-electron chi connectivity index (χ4n) is 2.63. The molecule has 0 spiro atoms. The van der Waals surface area contributed by atoms with Crippen molar-refractivity contribution in [1.82, 2.24) is 4.90 Å². The van der Waals surface area contributed by atoms with E-state index in [4.69, 9.17) is 23.2 Å². The second-order valence-electron chi connectivity index (χ2n) is 5.81. The molecule has 0 heterocycles. The number of amides is 1. The summed E-state index contributed by atoms with van der Waals surface area (Å²) >= 11 is 12.1. The zero-order valence-corrected chi connectivity index (χ0v) is 15.5. The first-order valence-electron chi connectivity index (χ1n) is 7.83. The highest BCUT2D eigenvalue weighted by Crippen LogP contribution is 2.29. The lowest BCUT2D eigenvalue weighted by atomic mass is 10.0. The van der Waals surface area contributed by atoms with E-state index in [1.54, 1.807) is 54.4 Å². The second kappa shape index (κ2) is 8.37. The standard InChI is InChI=1S/C19H19Cl2NO3/c1-12(15-9-8-14(20)11-17(15)21)22(2)18(23)10-7-13-5-3-4-6-16(13)19(24)25/h3-6,8-9,11-12H,7,10H2,1-2H3,(H,24,25). The Morgan fingerprint density at radius 3 is 2.48 bits per heavy atom. The van der Waals surface area contributed by atoms with Crippen LogP contribution in [0.3, 0.4) is 0 Å². The molecule has 0 saturated heterocycles. The molecule has 6 heteroatoms. The lowest BCUT2D eigenvalue weighted by Gasteiger charge is -2.26. The van der Waals surface area contributed by atoms with Crippen LogP contribution in [0.25, 0.3) is 0 Å². The van der Waals surface area contributed by atoms with Crippen LogP contribution in [-0.2, 0) is 11.2 Å². The predicted octanol–water partition coefficient (Wildman–Crippen LogP) is 4.84. The summed E-state index contributed by atoms with van der Waals surface area (Å²) in [6.07, 6.45) is 0.586. The minimum atomic E-state index is -0.988. The van der Waals surface area contributed by atoms with Gasteiger partial charge in [0, 0.05) is 23.5 Å². The summed E-state index contributed by atoms with van der Waals surface area (Å²) in [4.78, 5) is 25.3. The molecule has 0 aliphatic heterocycles. The maximum Gasteiger partial charge on any atom is 0.335 e. The SMILES string of the molecule is CC(c1ccc(Cl)cc1Cl)N(C)C(=O)CCc1ccccc1C(=O)O. The van der Waals surface area contributed by atoms with E-state index in [1.807, 2.05) is 6.92 Å². The molecule has 0 saturated carbocycles. The Hall–Kier alpha value is -2.04. The van der Waals surface area contributed by atoms with E-state index in [9.17, 15) is 14.7 Å². The molecular formula is C19H19Cl2NO3. The van der Waals surface area contributed by atoms with Crippen LogP contribution in [0.4, 0.5) is 0 Å². The van der Waals surface area contributed by atoms with Crippen LogP contribution in [0, 0.1) is 0 Å². The summed E-state index contributed by atoms with van der Waals surface area (Å²) in [5, 5.41) is 10.3. The summed E-state index contributed by atoms with van der Waals surface area (Å²) in [7, 11) is 1.71. The van der Waals surface area contributed by atoms with Crippen molar-refractivity contribution in [2.75, 3.05) is 7.05 Å². The van der Waals surface area contributed by atoms with E-state index in [0.717, 1.165) is 5.56 Å². The minimum absolute atomic E-state index is 0.0845. The van der Waals surface area contributed by atoms with Gasteiger partial charge in [-0.1, -0.05) is 47.5 Å². The molecule has 0 bridgehead atoms. The quantitative estimate of drug-likeness (QED) is 0.780. The Kier molecular flexibility index (Phi) is 6.45.